The van der Waals surface area contributed by atoms with Crippen LogP contribution in [0, 0.1) is 13.8 Å². The van der Waals surface area contributed by atoms with E-state index in [2.05, 4.69) is 10.2 Å². The zero-order chi connectivity index (χ0) is 15.4. The van der Waals surface area contributed by atoms with E-state index < -0.39 is 6.04 Å². The number of carbonyl (C=O) groups excluding carboxylic acids is 1. The van der Waals surface area contributed by atoms with Crippen LogP contribution in [0.5, 0.6) is 5.75 Å². The summed E-state index contributed by atoms with van der Waals surface area (Å²) >= 11 is 0. The van der Waals surface area contributed by atoms with Crippen LogP contribution in [0.3, 0.4) is 0 Å². The zero-order valence-electron chi connectivity index (χ0n) is 13.0. The van der Waals surface area contributed by atoms with Crippen LogP contribution in [0.1, 0.15) is 29.2 Å². The van der Waals surface area contributed by atoms with Gasteiger partial charge in [-0.15, -0.1) is 0 Å². The van der Waals surface area contributed by atoms with E-state index >= 15 is 0 Å². The molecule has 1 fully saturated rings. The van der Waals surface area contributed by atoms with Crippen LogP contribution in [-0.4, -0.2) is 49.3 Å². The molecule has 116 valence electrons. The van der Waals surface area contributed by atoms with Gasteiger partial charge in [0.1, 0.15) is 11.8 Å². The molecule has 2 N–H and O–H groups in total. The largest absolute Gasteiger partial charge is 0.507 e. The van der Waals surface area contributed by atoms with Crippen LogP contribution in [0.2, 0.25) is 0 Å². The number of esters is 1. The SMILES string of the molecule is COC(=O)C(c1cc(C)c(O)c(C)c1)N1CCCNCC1. The van der Waals surface area contributed by atoms with Crippen molar-refractivity contribution in [3.8, 4) is 5.75 Å². The lowest BCUT2D eigenvalue weighted by atomic mass is 9.99. The first-order valence-electron chi connectivity index (χ1n) is 7.37. The normalized spacial score (nSPS) is 18.0. The number of aryl methyl sites for hydroxylation is 2. The van der Waals surface area contributed by atoms with E-state index in [4.69, 9.17) is 4.74 Å². The smallest absolute Gasteiger partial charge is 0.327 e. The Bertz CT molecular complexity index is 485. The average molecular weight is 292 g/mol. The summed E-state index contributed by atoms with van der Waals surface area (Å²) in [6.07, 6.45) is 1.00. The fraction of sp³-hybridized carbons (Fsp3) is 0.562. The summed E-state index contributed by atoms with van der Waals surface area (Å²) in [6, 6.07) is 3.35. The van der Waals surface area contributed by atoms with E-state index in [0.29, 0.717) is 5.75 Å². The van der Waals surface area contributed by atoms with Gasteiger partial charge in [-0.25, -0.2) is 4.79 Å². The highest BCUT2D eigenvalue weighted by molar-refractivity contribution is 5.78. The van der Waals surface area contributed by atoms with Crippen molar-refractivity contribution in [2.45, 2.75) is 26.3 Å². The van der Waals surface area contributed by atoms with Crippen molar-refractivity contribution in [2.75, 3.05) is 33.3 Å². The summed E-state index contributed by atoms with van der Waals surface area (Å²) in [7, 11) is 1.42. The fourth-order valence-electron chi connectivity index (χ4n) is 2.88. The highest BCUT2D eigenvalue weighted by Crippen LogP contribution is 2.30. The van der Waals surface area contributed by atoms with E-state index in [1.807, 2.05) is 26.0 Å². The Balaban J connectivity index is 2.37. The fourth-order valence-corrected chi connectivity index (χ4v) is 2.88. The Labute approximate surface area is 125 Å². The van der Waals surface area contributed by atoms with Crippen molar-refractivity contribution in [3.63, 3.8) is 0 Å². The highest BCUT2D eigenvalue weighted by Gasteiger charge is 2.29. The Morgan fingerprint density at radius 2 is 1.95 bits per heavy atom. The minimum atomic E-state index is -0.409. The summed E-state index contributed by atoms with van der Waals surface area (Å²) in [6.45, 7) is 7.19. The molecular formula is C16H24N2O3. The van der Waals surface area contributed by atoms with Gasteiger partial charge >= 0.3 is 5.97 Å². The van der Waals surface area contributed by atoms with Crippen LogP contribution in [0.4, 0.5) is 0 Å². The standard InChI is InChI=1S/C16H24N2O3/c1-11-9-13(10-12(2)15(11)19)14(16(20)21-3)18-7-4-5-17-6-8-18/h9-10,14,17,19H,4-8H2,1-3H3. The molecule has 1 aromatic carbocycles. The number of benzene rings is 1. The minimum absolute atomic E-state index is 0.249. The lowest BCUT2D eigenvalue weighted by Crippen LogP contribution is -2.37. The number of aromatic hydroxyl groups is 1. The summed E-state index contributed by atoms with van der Waals surface area (Å²) < 4.78 is 5.01. The third-order valence-corrected chi connectivity index (χ3v) is 3.99. The van der Waals surface area contributed by atoms with Gasteiger partial charge in [0, 0.05) is 19.6 Å². The molecule has 1 unspecified atom stereocenters. The minimum Gasteiger partial charge on any atom is -0.507 e. The molecule has 2 rings (SSSR count). The van der Waals surface area contributed by atoms with Crippen LogP contribution in [0.15, 0.2) is 12.1 Å². The number of hydrogen-bond donors (Lipinski definition) is 2. The molecule has 1 aromatic rings. The van der Waals surface area contributed by atoms with Gasteiger partial charge in [0.25, 0.3) is 0 Å². The lowest BCUT2D eigenvalue weighted by Gasteiger charge is -2.29. The van der Waals surface area contributed by atoms with Crippen LogP contribution in [0.25, 0.3) is 0 Å². The Hall–Kier alpha value is -1.59. The van der Waals surface area contributed by atoms with Crippen LogP contribution < -0.4 is 5.32 Å². The van der Waals surface area contributed by atoms with E-state index in [9.17, 15) is 9.90 Å². The number of ether oxygens (including phenoxy) is 1. The summed E-state index contributed by atoms with van der Waals surface area (Å²) in [4.78, 5) is 14.4. The molecule has 5 heteroatoms. The lowest BCUT2D eigenvalue weighted by molar-refractivity contribution is -0.147. The van der Waals surface area contributed by atoms with Crippen molar-refractivity contribution in [3.05, 3.63) is 28.8 Å². The molecule has 1 aliphatic heterocycles. The highest BCUT2D eigenvalue weighted by atomic mass is 16.5. The molecular weight excluding hydrogens is 268 g/mol. The molecule has 0 aliphatic carbocycles. The van der Waals surface area contributed by atoms with Crippen LogP contribution >= 0.6 is 0 Å². The molecule has 21 heavy (non-hydrogen) atoms. The number of phenols is 1. The van der Waals surface area contributed by atoms with E-state index in [-0.39, 0.29) is 5.97 Å². The van der Waals surface area contributed by atoms with Gasteiger partial charge in [0.2, 0.25) is 0 Å². The number of nitrogens with one attached hydrogen (secondary N) is 1. The number of rotatable bonds is 3. The monoisotopic (exact) mass is 292 g/mol. The van der Waals surface area contributed by atoms with E-state index in [0.717, 1.165) is 49.3 Å². The van der Waals surface area contributed by atoms with Gasteiger partial charge in [-0.05, 0) is 43.5 Å². The van der Waals surface area contributed by atoms with Crippen molar-refractivity contribution < 1.29 is 14.6 Å². The van der Waals surface area contributed by atoms with Crippen molar-refractivity contribution in [2.24, 2.45) is 0 Å². The van der Waals surface area contributed by atoms with Gasteiger partial charge in [-0.3, -0.25) is 4.90 Å². The molecule has 1 heterocycles. The number of carbonyl (C=O) groups is 1. The molecule has 0 saturated carbocycles. The van der Waals surface area contributed by atoms with Gasteiger partial charge < -0.3 is 15.2 Å². The topological polar surface area (TPSA) is 61.8 Å². The second-order valence-corrected chi connectivity index (χ2v) is 5.57. The average Bonchev–Trinajstić information content (AvgIpc) is 2.74. The predicted molar refractivity (Wildman–Crippen MR) is 81.4 cm³/mol. The molecule has 0 amide bonds. The first-order valence-corrected chi connectivity index (χ1v) is 7.37. The van der Waals surface area contributed by atoms with Crippen molar-refractivity contribution in [1.29, 1.82) is 0 Å². The number of methoxy groups -OCH3 is 1. The molecule has 1 aliphatic rings. The van der Waals surface area contributed by atoms with E-state index in [1.165, 1.54) is 7.11 Å². The maximum absolute atomic E-state index is 12.3. The third-order valence-electron chi connectivity index (χ3n) is 3.99. The van der Waals surface area contributed by atoms with Gasteiger partial charge in [-0.1, -0.05) is 12.1 Å². The first-order chi connectivity index (χ1) is 10.0. The van der Waals surface area contributed by atoms with E-state index in [1.54, 1.807) is 0 Å². The maximum Gasteiger partial charge on any atom is 0.327 e. The second kappa shape index (κ2) is 6.91. The molecule has 0 radical (unpaired) electrons. The first kappa shape index (κ1) is 15.8. The quantitative estimate of drug-likeness (QED) is 0.827. The molecule has 0 aromatic heterocycles. The van der Waals surface area contributed by atoms with Gasteiger partial charge in [0.15, 0.2) is 0 Å². The molecule has 0 bridgehead atoms. The Morgan fingerprint density at radius 3 is 2.57 bits per heavy atom. The Morgan fingerprint density at radius 1 is 1.29 bits per heavy atom. The molecule has 5 nitrogen and oxygen atoms in total. The van der Waals surface area contributed by atoms with Gasteiger partial charge in [-0.2, -0.15) is 0 Å². The summed E-state index contributed by atoms with van der Waals surface area (Å²) in [5.74, 6) is 0.0429. The van der Waals surface area contributed by atoms with Crippen molar-refractivity contribution in [1.82, 2.24) is 10.2 Å². The molecule has 0 spiro atoms. The number of nitrogens with zero attached hydrogens (tertiary/aromatic N) is 1. The molecule has 1 saturated heterocycles. The van der Waals surface area contributed by atoms with Crippen molar-refractivity contribution >= 4 is 5.97 Å². The second-order valence-electron chi connectivity index (χ2n) is 5.57. The number of hydrogen-bond acceptors (Lipinski definition) is 5. The summed E-state index contributed by atoms with van der Waals surface area (Å²) in [5, 5.41) is 13.3. The molecule has 1 atom stereocenters. The van der Waals surface area contributed by atoms with Gasteiger partial charge in [0.05, 0.1) is 7.11 Å². The van der Waals surface area contributed by atoms with Crippen LogP contribution in [-0.2, 0) is 9.53 Å². The number of phenolic OH excluding ortho intramolecular Hbond substituents is 1. The third kappa shape index (κ3) is 3.54. The zero-order valence-corrected chi connectivity index (χ0v) is 13.0. The summed E-state index contributed by atoms with van der Waals surface area (Å²) in [5.41, 5.74) is 2.45. The predicted octanol–water partition coefficient (Wildman–Crippen LogP) is 1.52. The Kier molecular flexibility index (Phi) is 5.20. The maximum atomic E-state index is 12.3.